The number of hydrogen-bond acceptors (Lipinski definition) is 4. The van der Waals surface area contributed by atoms with Gasteiger partial charge in [0.15, 0.2) is 5.13 Å². The van der Waals surface area contributed by atoms with Gasteiger partial charge in [-0.2, -0.15) is 0 Å². The molecule has 0 bridgehead atoms. The second-order valence-electron chi connectivity index (χ2n) is 6.17. The monoisotopic (exact) mass is 289 g/mol. The number of hydrogen-bond donors (Lipinski definition) is 2. The highest BCUT2D eigenvalue weighted by Gasteiger charge is 2.10. The van der Waals surface area contributed by atoms with Crippen molar-refractivity contribution in [1.29, 1.82) is 0 Å². The molecule has 0 radical (unpaired) electrons. The van der Waals surface area contributed by atoms with E-state index in [4.69, 9.17) is 0 Å². The summed E-state index contributed by atoms with van der Waals surface area (Å²) in [6, 6.07) is 6.38. The van der Waals surface area contributed by atoms with E-state index in [0.29, 0.717) is 0 Å². The molecule has 20 heavy (non-hydrogen) atoms. The number of benzene rings is 1. The zero-order chi connectivity index (χ0) is 14.8. The molecule has 4 heteroatoms. The van der Waals surface area contributed by atoms with Crippen LogP contribution in [0.4, 0.5) is 10.8 Å². The number of rotatable bonds is 4. The molecule has 0 fully saturated rings. The highest BCUT2D eigenvalue weighted by molar-refractivity contribution is 7.13. The minimum absolute atomic E-state index is 0.116. The van der Waals surface area contributed by atoms with E-state index in [1.54, 1.807) is 11.3 Å². The van der Waals surface area contributed by atoms with Crippen LogP contribution in [0.15, 0.2) is 23.6 Å². The third-order valence-corrected chi connectivity index (χ3v) is 3.92. The fraction of sp³-hybridized carbons (Fsp3) is 0.438. The van der Waals surface area contributed by atoms with E-state index < -0.39 is 0 Å². The molecule has 0 aliphatic carbocycles. The molecule has 108 valence electrons. The summed E-state index contributed by atoms with van der Waals surface area (Å²) in [6.07, 6.45) is 0. The number of aromatic nitrogens is 1. The third-order valence-electron chi connectivity index (χ3n) is 3.11. The Balaban J connectivity index is 2.00. The van der Waals surface area contributed by atoms with Crippen LogP contribution in [0.1, 0.15) is 37.6 Å². The van der Waals surface area contributed by atoms with Gasteiger partial charge in [-0.25, -0.2) is 4.98 Å². The maximum atomic E-state index is 4.61. The quantitative estimate of drug-likeness (QED) is 0.876. The van der Waals surface area contributed by atoms with E-state index in [1.807, 2.05) is 0 Å². The van der Waals surface area contributed by atoms with Crippen molar-refractivity contribution in [2.24, 2.45) is 0 Å². The second-order valence-corrected chi connectivity index (χ2v) is 7.03. The van der Waals surface area contributed by atoms with Crippen LogP contribution in [-0.2, 0) is 6.54 Å². The summed E-state index contributed by atoms with van der Waals surface area (Å²) in [5.74, 6) is 0. The van der Waals surface area contributed by atoms with E-state index in [9.17, 15) is 0 Å². The van der Waals surface area contributed by atoms with Gasteiger partial charge in [0.05, 0.1) is 5.69 Å². The predicted octanol–water partition coefficient (Wildman–Crippen LogP) is 4.39. The first-order valence-electron chi connectivity index (χ1n) is 6.87. The lowest BCUT2D eigenvalue weighted by atomic mass is 10.1. The molecule has 1 heterocycles. The van der Waals surface area contributed by atoms with Crippen LogP contribution in [0.2, 0.25) is 0 Å². The van der Waals surface area contributed by atoms with Crippen LogP contribution in [-0.4, -0.2) is 10.5 Å². The molecule has 0 aliphatic rings. The molecule has 0 aliphatic heterocycles. The van der Waals surface area contributed by atoms with Gasteiger partial charge in [0.25, 0.3) is 0 Å². The van der Waals surface area contributed by atoms with Gasteiger partial charge in [-0.05, 0) is 57.9 Å². The van der Waals surface area contributed by atoms with Crippen molar-refractivity contribution in [3.05, 3.63) is 40.4 Å². The summed E-state index contributed by atoms with van der Waals surface area (Å²) in [4.78, 5) is 4.61. The fourth-order valence-corrected chi connectivity index (χ4v) is 2.47. The molecule has 0 atom stereocenters. The summed E-state index contributed by atoms with van der Waals surface area (Å²) in [5.41, 5.74) is 4.89. The van der Waals surface area contributed by atoms with Crippen molar-refractivity contribution < 1.29 is 0 Å². The lowest BCUT2D eigenvalue weighted by Gasteiger charge is -2.19. The maximum absolute atomic E-state index is 4.61. The van der Waals surface area contributed by atoms with Crippen LogP contribution < -0.4 is 10.6 Å². The van der Waals surface area contributed by atoms with E-state index >= 15 is 0 Å². The molecule has 0 unspecified atom stereocenters. The van der Waals surface area contributed by atoms with Gasteiger partial charge in [0, 0.05) is 23.2 Å². The Bertz CT molecular complexity index is 582. The average Bonchev–Trinajstić information content (AvgIpc) is 2.78. The Morgan fingerprint density at radius 1 is 1.15 bits per heavy atom. The van der Waals surface area contributed by atoms with Gasteiger partial charge < -0.3 is 10.6 Å². The molecule has 2 N–H and O–H groups in total. The molecule has 3 nitrogen and oxygen atoms in total. The Morgan fingerprint density at radius 2 is 1.90 bits per heavy atom. The maximum Gasteiger partial charge on any atom is 0.187 e. The van der Waals surface area contributed by atoms with Crippen molar-refractivity contribution in [1.82, 2.24) is 10.3 Å². The first-order valence-corrected chi connectivity index (χ1v) is 7.75. The number of thiazole rings is 1. The van der Waals surface area contributed by atoms with Gasteiger partial charge in [-0.15, -0.1) is 11.3 Å². The van der Waals surface area contributed by atoms with Crippen molar-refractivity contribution in [3.8, 4) is 0 Å². The molecular formula is C16H23N3S. The molecule has 0 saturated heterocycles. The molecule has 0 amide bonds. The number of nitrogens with zero attached hydrogens (tertiary/aromatic N) is 1. The highest BCUT2D eigenvalue weighted by Crippen LogP contribution is 2.22. The Labute approximate surface area is 125 Å². The van der Waals surface area contributed by atoms with Gasteiger partial charge in [0.2, 0.25) is 0 Å². The molecule has 1 aromatic carbocycles. The normalized spacial score (nSPS) is 11.7. The number of anilines is 2. The molecule has 1 aromatic heterocycles. The molecule has 2 aromatic rings. The summed E-state index contributed by atoms with van der Waals surface area (Å²) in [7, 11) is 0. The standard InChI is InChI=1S/C16H23N3S/c1-11-6-7-13(8-12(11)2)18-15-19-14(10-20-15)9-17-16(3,4)5/h6-8,10,17H,9H2,1-5H3,(H,18,19). The third kappa shape index (κ3) is 4.32. The average molecular weight is 289 g/mol. The first-order chi connectivity index (χ1) is 9.33. The van der Waals surface area contributed by atoms with Crippen molar-refractivity contribution in [2.75, 3.05) is 5.32 Å². The highest BCUT2D eigenvalue weighted by atomic mass is 32.1. The first kappa shape index (κ1) is 15.0. The van der Waals surface area contributed by atoms with Crippen LogP contribution in [0.3, 0.4) is 0 Å². The lowest BCUT2D eigenvalue weighted by molar-refractivity contribution is 0.422. The van der Waals surface area contributed by atoms with Gasteiger partial charge in [0.1, 0.15) is 0 Å². The molecule has 2 rings (SSSR count). The van der Waals surface area contributed by atoms with E-state index in [2.05, 4.69) is 73.8 Å². The minimum atomic E-state index is 0.116. The Morgan fingerprint density at radius 3 is 2.55 bits per heavy atom. The fourth-order valence-electron chi connectivity index (χ4n) is 1.74. The van der Waals surface area contributed by atoms with Gasteiger partial charge in [-0.3, -0.25) is 0 Å². The smallest absolute Gasteiger partial charge is 0.187 e. The van der Waals surface area contributed by atoms with Crippen molar-refractivity contribution in [3.63, 3.8) is 0 Å². The summed E-state index contributed by atoms with van der Waals surface area (Å²) < 4.78 is 0. The van der Waals surface area contributed by atoms with Crippen LogP contribution in [0.5, 0.6) is 0 Å². The Hall–Kier alpha value is -1.39. The molecule has 0 saturated carbocycles. The molecule has 0 spiro atoms. The van der Waals surface area contributed by atoms with Gasteiger partial charge in [-0.1, -0.05) is 6.07 Å². The lowest BCUT2D eigenvalue weighted by Crippen LogP contribution is -2.35. The molecular weight excluding hydrogens is 266 g/mol. The minimum Gasteiger partial charge on any atom is -0.332 e. The Kier molecular flexibility index (Phi) is 4.45. The van der Waals surface area contributed by atoms with Crippen LogP contribution in [0, 0.1) is 13.8 Å². The number of aryl methyl sites for hydroxylation is 2. The van der Waals surface area contributed by atoms with Crippen LogP contribution >= 0.6 is 11.3 Å². The van der Waals surface area contributed by atoms with E-state index in [1.165, 1.54) is 11.1 Å². The van der Waals surface area contributed by atoms with Gasteiger partial charge >= 0.3 is 0 Å². The zero-order valence-corrected chi connectivity index (χ0v) is 13.7. The SMILES string of the molecule is Cc1ccc(Nc2nc(CNC(C)(C)C)cs2)cc1C. The summed E-state index contributed by atoms with van der Waals surface area (Å²) >= 11 is 1.64. The van der Waals surface area contributed by atoms with E-state index in [0.717, 1.165) is 23.1 Å². The summed E-state index contributed by atoms with van der Waals surface area (Å²) in [6.45, 7) is 11.5. The largest absolute Gasteiger partial charge is 0.332 e. The van der Waals surface area contributed by atoms with E-state index in [-0.39, 0.29) is 5.54 Å². The second kappa shape index (κ2) is 5.94. The predicted molar refractivity (Wildman–Crippen MR) is 87.9 cm³/mol. The topological polar surface area (TPSA) is 37.0 Å². The summed E-state index contributed by atoms with van der Waals surface area (Å²) in [5, 5.41) is 9.86. The zero-order valence-electron chi connectivity index (χ0n) is 12.9. The van der Waals surface area contributed by atoms with Crippen molar-refractivity contribution >= 4 is 22.2 Å². The number of nitrogens with one attached hydrogen (secondary N) is 2. The van der Waals surface area contributed by atoms with Crippen molar-refractivity contribution in [2.45, 2.75) is 46.7 Å². The van der Waals surface area contributed by atoms with Crippen LogP contribution in [0.25, 0.3) is 0 Å².